The fourth-order valence-corrected chi connectivity index (χ4v) is 3.56. The summed E-state index contributed by atoms with van der Waals surface area (Å²) in [6, 6.07) is -0.139. The standard InChI is InChI=1S/C17H30N2O5/c1-12(8-17(4)23-6-7-24-17)9-18-15(21)19-10-13(2)16(3,11-19)14(20)22-5/h12-13H,6-11H2,1-5H3,(H,18,21)/t12?,13-,16-/m1/s1. The van der Waals surface area contributed by atoms with Crippen molar-refractivity contribution in [3.63, 3.8) is 0 Å². The van der Waals surface area contributed by atoms with Crippen LogP contribution in [0.25, 0.3) is 0 Å². The van der Waals surface area contributed by atoms with Gasteiger partial charge in [-0.05, 0) is 25.7 Å². The van der Waals surface area contributed by atoms with Crippen molar-refractivity contribution in [2.75, 3.05) is 40.0 Å². The van der Waals surface area contributed by atoms with Crippen LogP contribution in [0.3, 0.4) is 0 Å². The van der Waals surface area contributed by atoms with Crippen molar-refractivity contribution in [1.82, 2.24) is 10.2 Å². The SMILES string of the molecule is COC(=O)[C@]1(C)CN(C(=O)NCC(C)CC2(C)OCCO2)C[C@H]1C. The van der Waals surface area contributed by atoms with Crippen LogP contribution in [-0.4, -0.2) is 62.6 Å². The Morgan fingerprint density at radius 2 is 1.96 bits per heavy atom. The Bertz CT molecular complexity index is 478. The molecule has 2 fully saturated rings. The van der Waals surface area contributed by atoms with E-state index in [1.807, 2.05) is 20.8 Å². The first-order valence-corrected chi connectivity index (χ1v) is 8.59. The number of amides is 2. The summed E-state index contributed by atoms with van der Waals surface area (Å²) in [5.74, 6) is -0.519. The summed E-state index contributed by atoms with van der Waals surface area (Å²) in [5.41, 5.74) is -0.642. The number of rotatable bonds is 5. The van der Waals surface area contributed by atoms with Gasteiger partial charge in [-0.15, -0.1) is 0 Å². The lowest BCUT2D eigenvalue weighted by Gasteiger charge is -2.27. The Balaban J connectivity index is 1.82. The topological polar surface area (TPSA) is 77.1 Å². The zero-order valence-corrected chi connectivity index (χ0v) is 15.4. The van der Waals surface area contributed by atoms with Crippen molar-refractivity contribution in [3.8, 4) is 0 Å². The molecule has 2 saturated heterocycles. The average molecular weight is 342 g/mol. The molecule has 0 aromatic rings. The molecule has 7 nitrogen and oxygen atoms in total. The van der Waals surface area contributed by atoms with Crippen LogP contribution in [0, 0.1) is 17.3 Å². The summed E-state index contributed by atoms with van der Waals surface area (Å²) >= 11 is 0. The first-order chi connectivity index (χ1) is 11.2. The maximum atomic E-state index is 12.4. The van der Waals surface area contributed by atoms with Crippen molar-refractivity contribution in [3.05, 3.63) is 0 Å². The molecule has 7 heteroatoms. The molecule has 3 atom stereocenters. The summed E-state index contributed by atoms with van der Waals surface area (Å²) in [6.07, 6.45) is 0.726. The highest BCUT2D eigenvalue weighted by atomic mass is 16.7. The monoisotopic (exact) mass is 342 g/mol. The van der Waals surface area contributed by atoms with Gasteiger partial charge in [0, 0.05) is 26.1 Å². The van der Waals surface area contributed by atoms with E-state index in [-0.39, 0.29) is 23.8 Å². The number of esters is 1. The number of nitrogens with one attached hydrogen (secondary N) is 1. The van der Waals surface area contributed by atoms with Gasteiger partial charge in [0.15, 0.2) is 5.79 Å². The minimum atomic E-state index is -0.642. The van der Waals surface area contributed by atoms with E-state index in [4.69, 9.17) is 14.2 Å². The molecule has 0 bridgehead atoms. The predicted molar refractivity (Wildman–Crippen MR) is 88.3 cm³/mol. The molecule has 2 aliphatic rings. The average Bonchev–Trinajstić information content (AvgIpc) is 3.09. The van der Waals surface area contributed by atoms with E-state index in [1.165, 1.54) is 7.11 Å². The van der Waals surface area contributed by atoms with Gasteiger partial charge in [-0.1, -0.05) is 13.8 Å². The number of urea groups is 1. The summed E-state index contributed by atoms with van der Waals surface area (Å²) in [5, 5.41) is 2.95. The molecular weight excluding hydrogens is 312 g/mol. The van der Waals surface area contributed by atoms with Gasteiger partial charge in [0.2, 0.25) is 0 Å². The van der Waals surface area contributed by atoms with Gasteiger partial charge in [0.1, 0.15) is 0 Å². The number of carbonyl (C=O) groups is 2. The molecule has 2 aliphatic heterocycles. The first kappa shape index (κ1) is 19.0. The number of carbonyl (C=O) groups excluding carboxylic acids is 2. The summed E-state index contributed by atoms with van der Waals surface area (Å²) in [6.45, 7) is 10.5. The molecule has 2 amide bonds. The maximum Gasteiger partial charge on any atom is 0.317 e. The fraction of sp³-hybridized carbons (Fsp3) is 0.882. The zero-order chi connectivity index (χ0) is 18.0. The van der Waals surface area contributed by atoms with Gasteiger partial charge in [-0.2, -0.15) is 0 Å². The van der Waals surface area contributed by atoms with Crippen molar-refractivity contribution < 1.29 is 23.8 Å². The molecule has 0 aromatic heterocycles. The second kappa shape index (κ2) is 7.27. The number of ether oxygens (including phenoxy) is 3. The van der Waals surface area contributed by atoms with Gasteiger partial charge in [0.25, 0.3) is 0 Å². The molecule has 0 saturated carbocycles. The van der Waals surface area contributed by atoms with E-state index in [1.54, 1.807) is 4.90 Å². The van der Waals surface area contributed by atoms with Gasteiger partial charge < -0.3 is 24.4 Å². The normalized spacial score (nSPS) is 30.2. The molecule has 24 heavy (non-hydrogen) atoms. The van der Waals surface area contributed by atoms with Crippen molar-refractivity contribution in [2.24, 2.45) is 17.3 Å². The Morgan fingerprint density at radius 3 is 2.54 bits per heavy atom. The molecule has 1 unspecified atom stereocenters. The van der Waals surface area contributed by atoms with Gasteiger partial charge >= 0.3 is 12.0 Å². The Morgan fingerprint density at radius 1 is 1.33 bits per heavy atom. The molecule has 2 rings (SSSR count). The quantitative estimate of drug-likeness (QED) is 0.768. The molecule has 0 aromatic carbocycles. The van der Waals surface area contributed by atoms with Crippen LogP contribution in [0.2, 0.25) is 0 Å². The zero-order valence-electron chi connectivity index (χ0n) is 15.4. The maximum absolute atomic E-state index is 12.4. The lowest BCUT2D eigenvalue weighted by Crippen LogP contribution is -2.43. The molecule has 1 N–H and O–H groups in total. The van der Waals surface area contributed by atoms with E-state index in [2.05, 4.69) is 12.2 Å². The lowest BCUT2D eigenvalue weighted by atomic mass is 9.81. The highest BCUT2D eigenvalue weighted by Gasteiger charge is 2.48. The largest absolute Gasteiger partial charge is 0.469 e. The Labute approximate surface area is 144 Å². The molecule has 0 radical (unpaired) electrons. The minimum absolute atomic E-state index is 0.0623. The van der Waals surface area contributed by atoms with Gasteiger partial charge in [0.05, 0.1) is 25.7 Å². The number of likely N-dealkylation sites (tertiary alicyclic amines) is 1. The van der Waals surface area contributed by atoms with Crippen LogP contribution in [0.1, 0.15) is 34.1 Å². The number of hydrogen-bond donors (Lipinski definition) is 1. The summed E-state index contributed by atoms with van der Waals surface area (Å²) in [4.78, 5) is 26.1. The Hall–Kier alpha value is -1.34. The third-order valence-electron chi connectivity index (χ3n) is 5.26. The van der Waals surface area contributed by atoms with Crippen LogP contribution >= 0.6 is 0 Å². The summed E-state index contributed by atoms with van der Waals surface area (Å²) < 4.78 is 16.1. The van der Waals surface area contributed by atoms with Crippen molar-refractivity contribution in [1.29, 1.82) is 0 Å². The van der Waals surface area contributed by atoms with E-state index < -0.39 is 11.2 Å². The number of hydrogen-bond acceptors (Lipinski definition) is 5. The second-order valence-electron chi connectivity index (χ2n) is 7.52. The van der Waals surface area contributed by atoms with Crippen LogP contribution in [-0.2, 0) is 19.0 Å². The van der Waals surface area contributed by atoms with E-state index in [0.717, 1.165) is 6.42 Å². The molecular formula is C17H30N2O5. The minimum Gasteiger partial charge on any atom is -0.469 e. The van der Waals surface area contributed by atoms with Crippen LogP contribution < -0.4 is 5.32 Å². The molecule has 2 heterocycles. The highest BCUT2D eigenvalue weighted by molar-refractivity contribution is 5.81. The highest BCUT2D eigenvalue weighted by Crippen LogP contribution is 2.36. The fourth-order valence-electron chi connectivity index (χ4n) is 3.56. The smallest absolute Gasteiger partial charge is 0.317 e. The first-order valence-electron chi connectivity index (χ1n) is 8.59. The number of methoxy groups -OCH3 is 1. The number of nitrogens with zero attached hydrogens (tertiary/aromatic N) is 1. The van der Waals surface area contributed by atoms with Gasteiger partial charge in [-0.25, -0.2) is 4.79 Å². The predicted octanol–water partition coefficient (Wildman–Crippen LogP) is 1.62. The molecule has 138 valence electrons. The van der Waals surface area contributed by atoms with Crippen LogP contribution in [0.5, 0.6) is 0 Å². The van der Waals surface area contributed by atoms with E-state index >= 15 is 0 Å². The molecule has 0 aliphatic carbocycles. The Kier molecular flexibility index (Phi) is 5.75. The lowest BCUT2D eigenvalue weighted by molar-refractivity contribution is -0.154. The van der Waals surface area contributed by atoms with Crippen LogP contribution in [0.4, 0.5) is 4.79 Å². The third kappa shape index (κ3) is 4.00. The van der Waals surface area contributed by atoms with E-state index in [9.17, 15) is 9.59 Å². The molecule has 0 spiro atoms. The second-order valence-corrected chi connectivity index (χ2v) is 7.52. The third-order valence-corrected chi connectivity index (χ3v) is 5.26. The van der Waals surface area contributed by atoms with Crippen molar-refractivity contribution in [2.45, 2.75) is 39.9 Å². The van der Waals surface area contributed by atoms with Crippen LogP contribution in [0.15, 0.2) is 0 Å². The summed E-state index contributed by atoms with van der Waals surface area (Å²) in [7, 11) is 1.39. The van der Waals surface area contributed by atoms with Crippen molar-refractivity contribution >= 4 is 12.0 Å². The van der Waals surface area contributed by atoms with E-state index in [0.29, 0.717) is 32.8 Å². The van der Waals surface area contributed by atoms with Gasteiger partial charge in [-0.3, -0.25) is 4.79 Å².